The lowest BCUT2D eigenvalue weighted by Crippen LogP contribution is -2.42. The molecule has 6 rings (SSSR count). The number of aliphatic hydroxyl groups is 1. The van der Waals surface area contributed by atoms with Crippen LogP contribution in [0.25, 0.3) is 10.2 Å². The standard InChI is InChI=1S/C48H57N3O14S/c1-7-12-33-23-29(2)13-11-21-47(6)48(65-47,27-37(32-16-18-38-34(25-32)49-30(3)66-38)63-43(56)26-39(52)46(4,5)44(33)57)64-45(58)61-28-31-15-17-36(35(24-31)51(59)60)62-42(55)14-9-8-10-22-50-40(53)19-20-41(50)54/h7,15-20,24-25,29,33,37,39,52H,1,8-14,21-23,26-28H2,2-6H3/t29-,33+,37-,39-,47-,48-/m0/s1. The number of esters is 2. The molecule has 0 spiro atoms. The third kappa shape index (κ3) is 11.7. The van der Waals surface area contributed by atoms with E-state index in [4.69, 9.17) is 23.7 Å². The number of rotatable bonds is 14. The normalized spacial score (nSPS) is 25.8. The number of aliphatic hydroxyl groups excluding tert-OH is 1. The van der Waals surface area contributed by atoms with Crippen molar-refractivity contribution in [2.24, 2.45) is 17.3 Å². The van der Waals surface area contributed by atoms with E-state index in [1.54, 1.807) is 39.0 Å². The lowest BCUT2D eigenvalue weighted by molar-refractivity contribution is -0.385. The van der Waals surface area contributed by atoms with Crippen molar-refractivity contribution in [3.8, 4) is 5.75 Å². The van der Waals surface area contributed by atoms with Gasteiger partial charge in [0, 0.05) is 37.1 Å². The summed E-state index contributed by atoms with van der Waals surface area (Å²) in [6, 6.07) is 9.16. The van der Waals surface area contributed by atoms with E-state index < -0.39 is 76.7 Å². The van der Waals surface area contributed by atoms with Crippen molar-refractivity contribution < 1.29 is 62.5 Å². The number of fused-ring (bicyclic) bond motifs is 2. The summed E-state index contributed by atoms with van der Waals surface area (Å²) in [5.41, 5.74) is -1.51. The zero-order valence-electron chi connectivity index (χ0n) is 37.9. The number of nitrogens with zero attached hydrogens (tertiary/aromatic N) is 3. The average molecular weight is 932 g/mol. The van der Waals surface area contributed by atoms with E-state index in [9.17, 15) is 44.0 Å². The van der Waals surface area contributed by atoms with Crippen molar-refractivity contribution >= 4 is 62.9 Å². The number of ether oxygens (including phenoxy) is 5. The second-order valence-corrected chi connectivity index (χ2v) is 19.4. The van der Waals surface area contributed by atoms with E-state index in [-0.39, 0.29) is 54.2 Å². The molecule has 0 aliphatic carbocycles. The van der Waals surface area contributed by atoms with Gasteiger partial charge in [-0.2, -0.15) is 0 Å². The average Bonchev–Trinajstić information content (AvgIpc) is 3.44. The van der Waals surface area contributed by atoms with Crippen molar-refractivity contribution in [1.29, 1.82) is 0 Å². The summed E-state index contributed by atoms with van der Waals surface area (Å²) in [6.45, 7) is 12.6. The predicted octanol–water partition coefficient (Wildman–Crippen LogP) is 8.47. The maximum atomic E-state index is 13.9. The van der Waals surface area contributed by atoms with Crippen LogP contribution in [0.4, 0.5) is 10.5 Å². The first-order valence-electron chi connectivity index (χ1n) is 22.2. The number of nitro groups is 1. The molecule has 3 aliphatic heterocycles. The van der Waals surface area contributed by atoms with Crippen LogP contribution in [0.3, 0.4) is 0 Å². The van der Waals surface area contributed by atoms with Gasteiger partial charge in [0.25, 0.3) is 17.6 Å². The summed E-state index contributed by atoms with van der Waals surface area (Å²) in [4.78, 5) is 94.4. The number of hydrogen-bond donors (Lipinski definition) is 1. The third-order valence-corrected chi connectivity index (χ3v) is 13.6. The highest BCUT2D eigenvalue weighted by molar-refractivity contribution is 7.18. The van der Waals surface area contributed by atoms with Crippen LogP contribution in [0.2, 0.25) is 0 Å². The molecule has 4 heterocycles. The Balaban J connectivity index is 1.16. The van der Waals surface area contributed by atoms with Gasteiger partial charge in [-0.15, -0.1) is 17.9 Å². The van der Waals surface area contributed by atoms with E-state index in [0.717, 1.165) is 20.7 Å². The second-order valence-electron chi connectivity index (χ2n) is 18.1. The van der Waals surface area contributed by atoms with Crippen LogP contribution in [-0.2, 0) is 49.5 Å². The number of nitro benzene ring substituents is 1. The molecular formula is C48H57N3O14S. The third-order valence-electron chi connectivity index (χ3n) is 12.7. The Hall–Kier alpha value is -5.85. The molecule has 6 atom stereocenters. The number of unbranched alkanes of at least 4 members (excludes halogenated alkanes) is 2. The van der Waals surface area contributed by atoms with E-state index in [1.165, 1.54) is 35.6 Å². The minimum absolute atomic E-state index is 0.0632. The summed E-state index contributed by atoms with van der Waals surface area (Å²) >= 11 is 1.49. The van der Waals surface area contributed by atoms with Gasteiger partial charge in [-0.1, -0.05) is 58.2 Å². The second kappa shape index (κ2) is 20.8. The number of aryl methyl sites for hydroxylation is 1. The summed E-state index contributed by atoms with van der Waals surface area (Å²) < 4.78 is 30.2. The first-order valence-corrected chi connectivity index (χ1v) is 23.0. The molecule has 0 unspecified atom stereocenters. The van der Waals surface area contributed by atoms with Gasteiger partial charge in [0.05, 0.1) is 44.5 Å². The fourth-order valence-corrected chi connectivity index (χ4v) is 9.49. The van der Waals surface area contributed by atoms with Gasteiger partial charge in [0.1, 0.15) is 24.1 Å². The number of epoxide rings is 1. The molecule has 0 bridgehead atoms. The fourth-order valence-electron chi connectivity index (χ4n) is 8.68. The molecule has 0 radical (unpaired) electrons. The Bertz CT molecular complexity index is 2390. The van der Waals surface area contributed by atoms with E-state index in [2.05, 4.69) is 11.6 Å². The molecule has 17 nitrogen and oxygen atoms in total. The van der Waals surface area contributed by atoms with Crippen LogP contribution in [0.1, 0.15) is 121 Å². The van der Waals surface area contributed by atoms with Crippen LogP contribution in [-0.4, -0.2) is 79.6 Å². The number of carbonyl (C=O) groups excluding carboxylic acids is 6. The molecule has 3 aliphatic rings. The van der Waals surface area contributed by atoms with Crippen LogP contribution >= 0.6 is 11.3 Å². The number of Topliss-reactive ketones (excluding diaryl/α,β-unsaturated/α-hetero) is 1. The number of aromatic nitrogens is 1. The SMILES string of the molecule is C=CC[C@@H]1C[C@@H](C)CCC[C@]2(C)O[C@@]2(OC(=O)OCc2ccc(OC(=O)CCCCCN3C(=O)C=CC3=O)c([N+](=O)[O-])c2)C[C@@H](c2ccc3sc(C)nc3c2)OC(=O)C[C@H](O)C(C)(C)C1=O. The number of imide groups is 1. The molecule has 2 aromatic carbocycles. The van der Waals surface area contributed by atoms with Gasteiger partial charge < -0.3 is 28.8 Å². The van der Waals surface area contributed by atoms with Gasteiger partial charge in [-0.05, 0) is 81.2 Å². The lowest BCUT2D eigenvalue weighted by atomic mass is 9.72. The van der Waals surface area contributed by atoms with Crippen LogP contribution in [0.15, 0.2) is 61.2 Å². The molecule has 3 aromatic rings. The Morgan fingerprint density at radius 1 is 1.08 bits per heavy atom. The van der Waals surface area contributed by atoms with Gasteiger partial charge in [-0.25, -0.2) is 9.78 Å². The number of cyclic esters (lactones) is 1. The number of thiazole rings is 1. The zero-order valence-corrected chi connectivity index (χ0v) is 38.7. The molecular weight excluding hydrogens is 875 g/mol. The maximum absolute atomic E-state index is 13.9. The predicted molar refractivity (Wildman–Crippen MR) is 240 cm³/mol. The Morgan fingerprint density at radius 3 is 2.53 bits per heavy atom. The fraction of sp³-hybridized carbons (Fsp3) is 0.521. The molecule has 0 saturated carbocycles. The minimum atomic E-state index is -1.66. The Labute approximate surface area is 386 Å². The van der Waals surface area contributed by atoms with Crippen molar-refractivity contribution in [3.05, 3.63) is 87.5 Å². The van der Waals surface area contributed by atoms with E-state index in [1.807, 2.05) is 19.9 Å². The molecule has 2 saturated heterocycles. The summed E-state index contributed by atoms with van der Waals surface area (Å²) in [6.07, 6.45) is 3.76. The number of ketones is 1. The van der Waals surface area contributed by atoms with Gasteiger partial charge >= 0.3 is 23.8 Å². The van der Waals surface area contributed by atoms with Gasteiger partial charge in [0.15, 0.2) is 0 Å². The lowest BCUT2D eigenvalue weighted by Gasteiger charge is -2.33. The van der Waals surface area contributed by atoms with Gasteiger partial charge in [-0.3, -0.25) is 39.0 Å². The minimum Gasteiger partial charge on any atom is -0.457 e. The molecule has 1 N–H and O–H groups in total. The number of benzene rings is 2. The summed E-state index contributed by atoms with van der Waals surface area (Å²) in [7, 11) is 0. The smallest absolute Gasteiger partial charge is 0.457 e. The monoisotopic (exact) mass is 931 g/mol. The molecule has 354 valence electrons. The quantitative estimate of drug-likeness (QED) is 0.0233. The molecule has 18 heteroatoms. The number of allylic oxidation sites excluding steroid dienone is 1. The first-order chi connectivity index (χ1) is 31.2. The van der Waals surface area contributed by atoms with E-state index in [0.29, 0.717) is 62.4 Å². The molecule has 1 aromatic heterocycles. The highest BCUT2D eigenvalue weighted by Gasteiger charge is 2.71. The topological polar surface area (TPSA) is 231 Å². The number of amides is 2. The Kier molecular flexibility index (Phi) is 15.6. The summed E-state index contributed by atoms with van der Waals surface area (Å²) in [5.74, 6) is -4.75. The van der Waals surface area contributed by atoms with Crippen molar-refractivity contribution in [3.63, 3.8) is 0 Å². The van der Waals surface area contributed by atoms with Crippen LogP contribution in [0.5, 0.6) is 5.75 Å². The maximum Gasteiger partial charge on any atom is 0.511 e. The summed E-state index contributed by atoms with van der Waals surface area (Å²) in [5, 5.41) is 24.3. The first kappa shape index (κ1) is 49.6. The van der Waals surface area contributed by atoms with Crippen molar-refractivity contribution in [1.82, 2.24) is 9.88 Å². The highest BCUT2D eigenvalue weighted by atomic mass is 32.1. The van der Waals surface area contributed by atoms with Crippen LogP contribution < -0.4 is 4.74 Å². The molecule has 2 amide bonds. The van der Waals surface area contributed by atoms with Crippen molar-refractivity contribution in [2.45, 2.75) is 135 Å². The zero-order chi connectivity index (χ0) is 48.0. The molecule has 2 fully saturated rings. The van der Waals surface area contributed by atoms with Crippen LogP contribution in [0, 0.1) is 34.3 Å². The Morgan fingerprint density at radius 2 is 1.82 bits per heavy atom. The molecule has 66 heavy (non-hydrogen) atoms. The van der Waals surface area contributed by atoms with E-state index >= 15 is 0 Å². The van der Waals surface area contributed by atoms with Crippen molar-refractivity contribution in [2.75, 3.05) is 6.54 Å². The van der Waals surface area contributed by atoms with Gasteiger partial charge in [0.2, 0.25) is 5.75 Å². The largest absolute Gasteiger partial charge is 0.511 e. The highest BCUT2D eigenvalue weighted by Crippen LogP contribution is 2.57. The number of carbonyl (C=O) groups is 6. The number of hydrogen-bond acceptors (Lipinski definition) is 16.